The molecule has 2 rings (SSSR count). The van der Waals surface area contributed by atoms with Crippen LogP contribution in [0.4, 0.5) is 5.69 Å². The summed E-state index contributed by atoms with van der Waals surface area (Å²) in [5, 5.41) is 0. The summed E-state index contributed by atoms with van der Waals surface area (Å²) in [5.74, 6) is 0. The van der Waals surface area contributed by atoms with Crippen molar-refractivity contribution in [3.05, 3.63) is 64.6 Å². The number of benzene rings is 2. The first-order chi connectivity index (χ1) is 9.25. The Labute approximate surface area is 123 Å². The minimum atomic E-state index is 0.676. The predicted octanol–water partition coefficient (Wildman–Crippen LogP) is 4.10. The van der Waals surface area contributed by atoms with E-state index in [-0.39, 0.29) is 0 Å². The highest BCUT2D eigenvalue weighted by molar-refractivity contribution is 9.10. The fourth-order valence-electron chi connectivity index (χ4n) is 1.79. The summed E-state index contributed by atoms with van der Waals surface area (Å²) < 4.78 is 6.79. The molecule has 0 amide bonds. The largest absolute Gasteiger partial charge is 0.375 e. The van der Waals surface area contributed by atoms with Gasteiger partial charge in [0.05, 0.1) is 13.2 Å². The SMILES string of the molecule is CN(CCOCc1ccccc1)c1ccc(Br)cc1. The average Bonchev–Trinajstić information content (AvgIpc) is 2.45. The molecule has 100 valence electrons. The molecule has 2 nitrogen and oxygen atoms in total. The summed E-state index contributed by atoms with van der Waals surface area (Å²) in [5.41, 5.74) is 2.42. The van der Waals surface area contributed by atoms with Crippen LogP contribution in [0.15, 0.2) is 59.1 Å². The van der Waals surface area contributed by atoms with E-state index in [2.05, 4.69) is 64.3 Å². The maximum Gasteiger partial charge on any atom is 0.0717 e. The van der Waals surface area contributed by atoms with E-state index in [1.807, 2.05) is 18.2 Å². The van der Waals surface area contributed by atoms with E-state index >= 15 is 0 Å². The molecule has 0 saturated carbocycles. The van der Waals surface area contributed by atoms with Gasteiger partial charge in [0.25, 0.3) is 0 Å². The standard InChI is InChI=1S/C16H18BrNO/c1-18(16-9-7-15(17)8-10-16)11-12-19-13-14-5-3-2-4-6-14/h2-10H,11-13H2,1H3. The van der Waals surface area contributed by atoms with Crippen molar-refractivity contribution in [2.24, 2.45) is 0 Å². The number of hydrogen-bond donors (Lipinski definition) is 0. The van der Waals surface area contributed by atoms with Crippen molar-refractivity contribution in [3.63, 3.8) is 0 Å². The van der Waals surface area contributed by atoms with Gasteiger partial charge in [-0.25, -0.2) is 0 Å². The number of hydrogen-bond acceptors (Lipinski definition) is 2. The molecule has 0 unspecified atom stereocenters. The molecular formula is C16H18BrNO. The number of likely N-dealkylation sites (N-methyl/N-ethyl adjacent to an activating group) is 1. The van der Waals surface area contributed by atoms with Crippen molar-refractivity contribution < 1.29 is 4.74 Å². The molecule has 0 aliphatic carbocycles. The van der Waals surface area contributed by atoms with Gasteiger partial charge in [-0.1, -0.05) is 46.3 Å². The minimum Gasteiger partial charge on any atom is -0.375 e. The van der Waals surface area contributed by atoms with Crippen molar-refractivity contribution >= 4 is 21.6 Å². The summed E-state index contributed by atoms with van der Waals surface area (Å²) in [7, 11) is 2.08. The van der Waals surface area contributed by atoms with Crippen molar-refractivity contribution in [2.75, 3.05) is 25.1 Å². The number of rotatable bonds is 6. The van der Waals surface area contributed by atoms with E-state index in [1.54, 1.807) is 0 Å². The van der Waals surface area contributed by atoms with Crippen molar-refractivity contribution in [1.29, 1.82) is 0 Å². The van der Waals surface area contributed by atoms with E-state index in [0.29, 0.717) is 6.61 Å². The first-order valence-corrected chi connectivity index (χ1v) is 7.13. The summed E-state index contributed by atoms with van der Waals surface area (Å²) in [6.45, 7) is 2.28. The molecule has 2 aromatic rings. The molecule has 2 aromatic carbocycles. The zero-order valence-corrected chi connectivity index (χ0v) is 12.6. The van der Waals surface area contributed by atoms with Gasteiger partial charge in [-0.3, -0.25) is 0 Å². The highest BCUT2D eigenvalue weighted by Gasteiger charge is 2.00. The second kappa shape index (κ2) is 7.31. The summed E-state index contributed by atoms with van der Waals surface area (Å²) >= 11 is 3.44. The number of halogens is 1. The quantitative estimate of drug-likeness (QED) is 0.743. The number of nitrogens with zero attached hydrogens (tertiary/aromatic N) is 1. The van der Waals surface area contributed by atoms with E-state index in [4.69, 9.17) is 4.74 Å². The van der Waals surface area contributed by atoms with Gasteiger partial charge in [0.15, 0.2) is 0 Å². The Balaban J connectivity index is 1.72. The molecule has 0 N–H and O–H groups in total. The lowest BCUT2D eigenvalue weighted by Crippen LogP contribution is -2.22. The topological polar surface area (TPSA) is 12.5 Å². The Kier molecular flexibility index (Phi) is 5.43. The molecule has 0 bridgehead atoms. The number of anilines is 1. The van der Waals surface area contributed by atoms with Crippen molar-refractivity contribution in [1.82, 2.24) is 0 Å². The van der Waals surface area contributed by atoms with Gasteiger partial charge >= 0.3 is 0 Å². The number of ether oxygens (including phenoxy) is 1. The van der Waals surface area contributed by atoms with Gasteiger partial charge in [-0.05, 0) is 29.8 Å². The lowest BCUT2D eigenvalue weighted by molar-refractivity contribution is 0.127. The fourth-order valence-corrected chi connectivity index (χ4v) is 2.05. The second-order valence-corrected chi connectivity index (χ2v) is 5.35. The Morgan fingerprint density at radius 1 is 1.00 bits per heavy atom. The van der Waals surface area contributed by atoms with Gasteiger partial charge in [-0.2, -0.15) is 0 Å². The Hall–Kier alpha value is -1.32. The molecule has 0 spiro atoms. The monoisotopic (exact) mass is 319 g/mol. The molecule has 0 atom stereocenters. The van der Waals surface area contributed by atoms with Crippen LogP contribution in [0, 0.1) is 0 Å². The summed E-state index contributed by atoms with van der Waals surface area (Å²) in [6.07, 6.45) is 0. The fraction of sp³-hybridized carbons (Fsp3) is 0.250. The third kappa shape index (κ3) is 4.69. The zero-order valence-electron chi connectivity index (χ0n) is 11.1. The van der Waals surface area contributed by atoms with Crippen LogP contribution in [-0.2, 0) is 11.3 Å². The summed E-state index contributed by atoms with van der Waals surface area (Å²) in [4.78, 5) is 2.19. The minimum absolute atomic E-state index is 0.676. The Morgan fingerprint density at radius 2 is 1.68 bits per heavy atom. The molecule has 0 fully saturated rings. The molecular weight excluding hydrogens is 302 g/mol. The summed E-state index contributed by atoms with van der Waals surface area (Å²) in [6, 6.07) is 18.6. The van der Waals surface area contributed by atoms with Crippen LogP contribution in [-0.4, -0.2) is 20.2 Å². The van der Waals surface area contributed by atoms with Gasteiger partial charge in [0, 0.05) is 23.8 Å². The Morgan fingerprint density at radius 3 is 2.37 bits per heavy atom. The molecule has 0 aliphatic heterocycles. The van der Waals surface area contributed by atoms with Crippen LogP contribution in [0.3, 0.4) is 0 Å². The molecule has 3 heteroatoms. The van der Waals surface area contributed by atoms with Crippen molar-refractivity contribution in [2.45, 2.75) is 6.61 Å². The third-order valence-electron chi connectivity index (χ3n) is 2.95. The second-order valence-electron chi connectivity index (χ2n) is 4.44. The van der Waals surface area contributed by atoms with Gasteiger partial charge < -0.3 is 9.64 Å². The van der Waals surface area contributed by atoms with Crippen LogP contribution in [0.2, 0.25) is 0 Å². The Bertz CT molecular complexity index is 484. The highest BCUT2D eigenvalue weighted by Crippen LogP contribution is 2.16. The van der Waals surface area contributed by atoms with Gasteiger partial charge in [0.2, 0.25) is 0 Å². The lowest BCUT2D eigenvalue weighted by atomic mass is 10.2. The van der Waals surface area contributed by atoms with Crippen LogP contribution >= 0.6 is 15.9 Å². The van der Waals surface area contributed by atoms with Crippen LogP contribution < -0.4 is 4.90 Å². The van der Waals surface area contributed by atoms with Crippen LogP contribution in [0.1, 0.15) is 5.56 Å². The van der Waals surface area contributed by atoms with Gasteiger partial charge in [0.1, 0.15) is 0 Å². The van der Waals surface area contributed by atoms with E-state index in [1.165, 1.54) is 11.3 Å². The zero-order chi connectivity index (χ0) is 13.5. The predicted molar refractivity (Wildman–Crippen MR) is 83.5 cm³/mol. The first-order valence-electron chi connectivity index (χ1n) is 6.34. The molecule has 19 heavy (non-hydrogen) atoms. The van der Waals surface area contributed by atoms with E-state index in [9.17, 15) is 0 Å². The first kappa shape index (κ1) is 14.1. The smallest absolute Gasteiger partial charge is 0.0717 e. The molecule has 0 radical (unpaired) electrons. The van der Waals surface area contributed by atoms with E-state index in [0.717, 1.165) is 17.6 Å². The maximum absolute atomic E-state index is 5.68. The molecule has 0 heterocycles. The third-order valence-corrected chi connectivity index (χ3v) is 3.48. The van der Waals surface area contributed by atoms with Crippen LogP contribution in [0.25, 0.3) is 0 Å². The molecule has 0 aliphatic rings. The molecule has 0 saturated heterocycles. The van der Waals surface area contributed by atoms with Gasteiger partial charge in [-0.15, -0.1) is 0 Å². The average molecular weight is 320 g/mol. The van der Waals surface area contributed by atoms with Crippen LogP contribution in [0.5, 0.6) is 0 Å². The highest BCUT2D eigenvalue weighted by atomic mass is 79.9. The molecule has 0 aromatic heterocycles. The normalized spacial score (nSPS) is 10.4. The van der Waals surface area contributed by atoms with Crippen molar-refractivity contribution in [3.8, 4) is 0 Å². The maximum atomic E-state index is 5.68. The van der Waals surface area contributed by atoms with E-state index < -0.39 is 0 Å². The lowest BCUT2D eigenvalue weighted by Gasteiger charge is -2.19.